The van der Waals surface area contributed by atoms with Crippen LogP contribution in [0.4, 0.5) is 10.5 Å². The van der Waals surface area contributed by atoms with Crippen LogP contribution in [0.3, 0.4) is 0 Å². The second-order valence-corrected chi connectivity index (χ2v) is 9.24. The third kappa shape index (κ3) is 3.91. The summed E-state index contributed by atoms with van der Waals surface area (Å²) in [4.78, 5) is 18.3. The van der Waals surface area contributed by atoms with Gasteiger partial charge in [0.05, 0.1) is 10.3 Å². The van der Waals surface area contributed by atoms with Gasteiger partial charge in [-0.05, 0) is 72.0 Å². The van der Waals surface area contributed by atoms with Crippen molar-refractivity contribution in [2.45, 2.75) is 25.5 Å². The lowest BCUT2D eigenvalue weighted by atomic mass is 9.86. The lowest BCUT2D eigenvalue weighted by molar-refractivity contribution is -0.0311. The number of fused-ring (bicyclic) bond motifs is 3. The largest absolute Gasteiger partial charge is 0.444 e. The Bertz CT molecular complexity index is 728. The molecule has 3 saturated heterocycles. The van der Waals surface area contributed by atoms with Crippen molar-refractivity contribution in [2.24, 2.45) is 5.92 Å². The fourth-order valence-corrected chi connectivity index (χ4v) is 5.17. The molecular formula is C19H21BrN2O2S. The molecule has 1 amide bonds. The number of carbonyl (C=O) groups is 1. The van der Waals surface area contributed by atoms with Crippen LogP contribution in [-0.4, -0.2) is 36.7 Å². The Kier molecular flexibility index (Phi) is 5.10. The van der Waals surface area contributed by atoms with Crippen LogP contribution in [0.5, 0.6) is 0 Å². The predicted molar refractivity (Wildman–Crippen MR) is 104 cm³/mol. The first-order valence-corrected chi connectivity index (χ1v) is 10.3. The third-order valence-electron chi connectivity index (χ3n) is 5.08. The quantitative estimate of drug-likeness (QED) is 0.715. The second kappa shape index (κ2) is 7.48. The van der Waals surface area contributed by atoms with E-state index in [0.717, 1.165) is 46.8 Å². The molecule has 4 nitrogen and oxygen atoms in total. The Morgan fingerprint density at radius 2 is 1.96 bits per heavy atom. The maximum atomic E-state index is 13.0. The van der Waals surface area contributed by atoms with Crippen LogP contribution >= 0.6 is 27.3 Å². The lowest BCUT2D eigenvalue weighted by Crippen LogP contribution is -2.53. The highest BCUT2D eigenvalue weighted by molar-refractivity contribution is 9.11. The molecule has 3 aliphatic rings. The highest BCUT2D eigenvalue weighted by atomic mass is 79.9. The summed E-state index contributed by atoms with van der Waals surface area (Å²) >= 11 is 5.14. The molecule has 1 aromatic heterocycles. The third-order valence-corrected chi connectivity index (χ3v) is 6.69. The number of thiophene rings is 1. The van der Waals surface area contributed by atoms with Gasteiger partial charge in [-0.2, -0.15) is 0 Å². The summed E-state index contributed by atoms with van der Waals surface area (Å²) in [7, 11) is 0. The predicted octanol–water partition coefficient (Wildman–Crippen LogP) is 4.75. The number of hydrogen-bond acceptors (Lipinski definition) is 4. The van der Waals surface area contributed by atoms with E-state index in [-0.39, 0.29) is 12.2 Å². The Hall–Kier alpha value is -1.37. The summed E-state index contributed by atoms with van der Waals surface area (Å²) in [5, 5.41) is 0. The van der Waals surface area contributed by atoms with E-state index < -0.39 is 0 Å². The minimum Gasteiger partial charge on any atom is -0.444 e. The number of amides is 1. The number of anilines is 1. The van der Waals surface area contributed by atoms with Crippen molar-refractivity contribution in [1.82, 2.24) is 4.90 Å². The zero-order valence-corrected chi connectivity index (χ0v) is 16.3. The van der Waals surface area contributed by atoms with Gasteiger partial charge < -0.3 is 4.74 Å². The monoisotopic (exact) mass is 420 g/mol. The summed E-state index contributed by atoms with van der Waals surface area (Å²) < 4.78 is 7.03. The van der Waals surface area contributed by atoms with Crippen molar-refractivity contribution in [3.05, 3.63) is 51.1 Å². The molecule has 6 heteroatoms. The number of para-hydroxylation sites is 1. The minimum absolute atomic E-state index is 0.0243. The molecule has 3 fully saturated rings. The first-order chi connectivity index (χ1) is 12.2. The van der Waals surface area contributed by atoms with E-state index in [2.05, 4.69) is 20.8 Å². The maximum Gasteiger partial charge on any atom is 0.414 e. The van der Waals surface area contributed by atoms with E-state index in [1.165, 1.54) is 0 Å². The van der Waals surface area contributed by atoms with Crippen LogP contribution in [0.1, 0.15) is 17.7 Å². The molecule has 0 saturated carbocycles. The van der Waals surface area contributed by atoms with Crippen molar-refractivity contribution in [3.63, 3.8) is 0 Å². The Morgan fingerprint density at radius 1 is 1.20 bits per heavy atom. The van der Waals surface area contributed by atoms with Gasteiger partial charge in [0.15, 0.2) is 0 Å². The number of rotatable bonds is 4. The van der Waals surface area contributed by atoms with Crippen LogP contribution in [0.2, 0.25) is 0 Å². The van der Waals surface area contributed by atoms with Gasteiger partial charge in [-0.15, -0.1) is 11.3 Å². The zero-order valence-electron chi connectivity index (χ0n) is 13.9. The highest BCUT2D eigenvalue weighted by Gasteiger charge is 2.37. The number of carbonyl (C=O) groups excluding carboxylic acids is 1. The summed E-state index contributed by atoms with van der Waals surface area (Å²) in [5.74, 6) is 0.516. The van der Waals surface area contributed by atoms with Gasteiger partial charge in [-0.25, -0.2) is 4.79 Å². The van der Waals surface area contributed by atoms with Gasteiger partial charge in [-0.3, -0.25) is 9.80 Å². The van der Waals surface area contributed by atoms with Crippen LogP contribution in [0.25, 0.3) is 0 Å². The fraction of sp³-hybridized carbons (Fsp3) is 0.421. The van der Waals surface area contributed by atoms with Gasteiger partial charge in [0.2, 0.25) is 0 Å². The van der Waals surface area contributed by atoms with E-state index >= 15 is 0 Å². The first kappa shape index (κ1) is 17.1. The van der Waals surface area contributed by atoms with Gasteiger partial charge in [0, 0.05) is 17.1 Å². The summed E-state index contributed by atoms with van der Waals surface area (Å²) in [6.07, 6.45) is 2.06. The number of halogens is 1. The number of benzene rings is 1. The Morgan fingerprint density at radius 3 is 2.56 bits per heavy atom. The van der Waals surface area contributed by atoms with E-state index in [1.54, 1.807) is 16.2 Å². The van der Waals surface area contributed by atoms with Crippen LogP contribution < -0.4 is 4.90 Å². The lowest BCUT2D eigenvalue weighted by Gasteiger charge is -2.44. The Labute approximate surface area is 160 Å². The van der Waals surface area contributed by atoms with Crippen molar-refractivity contribution in [1.29, 1.82) is 0 Å². The van der Waals surface area contributed by atoms with Crippen molar-refractivity contribution in [2.75, 3.05) is 24.5 Å². The smallest absolute Gasteiger partial charge is 0.414 e. The molecule has 0 radical (unpaired) electrons. The molecule has 0 unspecified atom stereocenters. The topological polar surface area (TPSA) is 32.8 Å². The standard InChI is InChI=1S/C19H21BrN2O2S/c20-18-7-6-16(25-18)12-22(15-4-2-1-3-5-15)19(23)24-17-13-21-10-8-14(17)9-11-21/h1-7,14,17H,8-13H2/t17-/m0/s1. The Balaban J connectivity index is 1.51. The number of piperidine rings is 3. The molecule has 132 valence electrons. The second-order valence-electron chi connectivity index (χ2n) is 6.69. The first-order valence-electron chi connectivity index (χ1n) is 8.69. The molecule has 2 aromatic rings. The van der Waals surface area contributed by atoms with E-state index in [4.69, 9.17) is 4.74 Å². The van der Waals surface area contributed by atoms with Gasteiger partial charge in [0.25, 0.3) is 0 Å². The molecule has 0 N–H and O–H groups in total. The molecule has 1 atom stereocenters. The van der Waals surface area contributed by atoms with Crippen LogP contribution in [0.15, 0.2) is 46.3 Å². The van der Waals surface area contributed by atoms with E-state index in [1.807, 2.05) is 42.5 Å². The van der Waals surface area contributed by atoms with Crippen LogP contribution in [0, 0.1) is 5.92 Å². The maximum absolute atomic E-state index is 13.0. The molecule has 5 rings (SSSR count). The molecule has 0 spiro atoms. The van der Waals surface area contributed by atoms with E-state index in [0.29, 0.717) is 12.5 Å². The van der Waals surface area contributed by atoms with Gasteiger partial charge in [-0.1, -0.05) is 18.2 Å². The summed E-state index contributed by atoms with van der Waals surface area (Å²) in [6, 6.07) is 13.8. The summed E-state index contributed by atoms with van der Waals surface area (Å²) in [5.41, 5.74) is 0.873. The number of nitrogens with zero attached hydrogens (tertiary/aromatic N) is 2. The molecule has 0 aliphatic carbocycles. The summed E-state index contributed by atoms with van der Waals surface area (Å²) in [6.45, 7) is 3.69. The molecule has 4 heterocycles. The van der Waals surface area contributed by atoms with Crippen LogP contribution in [-0.2, 0) is 11.3 Å². The van der Waals surface area contributed by atoms with Crippen molar-refractivity contribution in [3.8, 4) is 0 Å². The van der Waals surface area contributed by atoms with Gasteiger partial charge in [0.1, 0.15) is 6.10 Å². The highest BCUT2D eigenvalue weighted by Crippen LogP contribution is 2.31. The average molecular weight is 421 g/mol. The molecule has 3 aliphatic heterocycles. The molecule has 25 heavy (non-hydrogen) atoms. The van der Waals surface area contributed by atoms with E-state index in [9.17, 15) is 4.79 Å². The molecule has 1 aromatic carbocycles. The zero-order chi connectivity index (χ0) is 17.2. The normalized spacial score (nSPS) is 24.9. The number of ether oxygens (including phenoxy) is 1. The number of hydrogen-bond donors (Lipinski definition) is 0. The van der Waals surface area contributed by atoms with Crippen molar-refractivity contribution >= 4 is 39.0 Å². The fourth-order valence-electron chi connectivity index (χ4n) is 3.70. The molecular weight excluding hydrogens is 400 g/mol. The van der Waals surface area contributed by atoms with Gasteiger partial charge >= 0.3 is 6.09 Å². The molecule has 2 bridgehead atoms. The average Bonchev–Trinajstić information content (AvgIpc) is 3.06. The minimum atomic E-state index is -0.241. The SMILES string of the molecule is O=C(O[C@H]1CN2CCC1CC2)N(Cc1ccc(Br)s1)c1ccccc1. The van der Waals surface area contributed by atoms with Crippen molar-refractivity contribution < 1.29 is 9.53 Å².